The highest BCUT2D eigenvalue weighted by Gasteiger charge is 2.22. The third kappa shape index (κ3) is 4.79. The van der Waals surface area contributed by atoms with Crippen molar-refractivity contribution in [2.75, 3.05) is 12.0 Å². The fourth-order valence-electron chi connectivity index (χ4n) is 3.83. The number of rotatable bonds is 7. The monoisotopic (exact) mass is 479 g/mol. The number of hydrogen-bond donors (Lipinski definition) is 0. The van der Waals surface area contributed by atoms with Gasteiger partial charge in [0.1, 0.15) is 12.1 Å². The molecule has 0 fully saturated rings. The van der Waals surface area contributed by atoms with Gasteiger partial charge in [0.25, 0.3) is 0 Å². The van der Waals surface area contributed by atoms with Crippen LogP contribution in [0, 0.1) is 20.8 Å². The van der Waals surface area contributed by atoms with Crippen molar-refractivity contribution in [1.82, 2.24) is 19.7 Å². The molecule has 0 aliphatic heterocycles. The Hall–Kier alpha value is -3.17. The summed E-state index contributed by atoms with van der Waals surface area (Å²) in [6, 6.07) is 11.9. The molecule has 170 valence electrons. The number of aryl methyl sites for hydroxylation is 3. The van der Waals surface area contributed by atoms with Gasteiger partial charge in [0.15, 0.2) is 10.3 Å². The molecule has 2 aromatic carbocycles. The van der Waals surface area contributed by atoms with Crippen LogP contribution in [0.5, 0.6) is 5.75 Å². The second-order valence-corrected chi connectivity index (χ2v) is 9.45. The van der Waals surface area contributed by atoms with Gasteiger partial charge in [0.2, 0.25) is 5.91 Å². The quantitative estimate of drug-likeness (QED) is 0.320. The van der Waals surface area contributed by atoms with Crippen LogP contribution in [-0.4, -0.2) is 32.8 Å². The van der Waals surface area contributed by atoms with Crippen molar-refractivity contribution in [3.05, 3.63) is 70.5 Å². The molecule has 33 heavy (non-hydrogen) atoms. The Kier molecular flexibility index (Phi) is 6.80. The lowest BCUT2D eigenvalue weighted by Crippen LogP contribution is -2.24. The van der Waals surface area contributed by atoms with Crippen molar-refractivity contribution < 1.29 is 9.53 Å². The smallest absolute Gasteiger partial charge is 0.230 e. The Bertz CT molecular complexity index is 1270. The molecule has 0 saturated carbocycles. The number of amides is 1. The van der Waals surface area contributed by atoms with Crippen LogP contribution in [0.3, 0.4) is 0 Å². The lowest BCUT2D eigenvalue weighted by atomic mass is 10.0. The van der Waals surface area contributed by atoms with E-state index in [2.05, 4.69) is 29.3 Å². The van der Waals surface area contributed by atoms with Crippen molar-refractivity contribution >= 4 is 39.8 Å². The number of carbonyl (C=O) groups is 1. The number of anilines is 2. The summed E-state index contributed by atoms with van der Waals surface area (Å²) in [5, 5.41) is 11.7. The first-order chi connectivity index (χ1) is 15.9. The van der Waals surface area contributed by atoms with E-state index in [0.29, 0.717) is 10.9 Å². The van der Waals surface area contributed by atoms with Gasteiger partial charge >= 0.3 is 0 Å². The highest BCUT2D eigenvalue weighted by molar-refractivity contribution is 7.98. The maximum absolute atomic E-state index is 12.6. The SMILES string of the molecule is COc1ccccc1-n1cnnc1SCc1csc(N(C(C)=O)c2c(C)cc(C)cc2C)n1. The fourth-order valence-corrected chi connectivity index (χ4v) is 5.63. The van der Waals surface area contributed by atoms with Gasteiger partial charge in [-0.25, -0.2) is 4.98 Å². The standard InChI is InChI=1S/C24H25N5O2S2/c1-15-10-16(2)22(17(3)11-15)29(18(4)30)23-26-19(12-32-23)13-33-24-27-25-14-28(24)20-8-6-7-9-21(20)31-5/h6-12,14H,13H2,1-5H3. The molecule has 0 aliphatic rings. The lowest BCUT2D eigenvalue weighted by Gasteiger charge is -2.23. The molecule has 0 unspecified atom stereocenters. The van der Waals surface area contributed by atoms with Gasteiger partial charge in [0, 0.05) is 18.1 Å². The Balaban J connectivity index is 1.57. The minimum absolute atomic E-state index is 0.0606. The molecule has 0 radical (unpaired) electrons. The summed E-state index contributed by atoms with van der Waals surface area (Å²) in [5.41, 5.74) is 5.94. The van der Waals surface area contributed by atoms with E-state index in [1.807, 2.05) is 48.1 Å². The van der Waals surface area contributed by atoms with Crippen LogP contribution in [0.15, 0.2) is 53.3 Å². The third-order valence-corrected chi connectivity index (χ3v) is 6.97. The van der Waals surface area contributed by atoms with Crippen molar-refractivity contribution in [3.63, 3.8) is 0 Å². The summed E-state index contributed by atoms with van der Waals surface area (Å²) in [6.45, 7) is 7.69. The number of para-hydroxylation sites is 2. The van der Waals surface area contributed by atoms with E-state index in [-0.39, 0.29) is 5.91 Å². The van der Waals surface area contributed by atoms with Gasteiger partial charge < -0.3 is 4.74 Å². The van der Waals surface area contributed by atoms with Crippen molar-refractivity contribution in [2.45, 2.75) is 38.6 Å². The second kappa shape index (κ2) is 9.76. The molecule has 0 aliphatic carbocycles. The van der Waals surface area contributed by atoms with E-state index >= 15 is 0 Å². The molecule has 7 nitrogen and oxygen atoms in total. The highest BCUT2D eigenvalue weighted by Crippen LogP contribution is 2.36. The summed E-state index contributed by atoms with van der Waals surface area (Å²) in [5.74, 6) is 1.28. The summed E-state index contributed by atoms with van der Waals surface area (Å²) in [7, 11) is 1.64. The van der Waals surface area contributed by atoms with E-state index in [0.717, 1.165) is 39.1 Å². The number of aromatic nitrogens is 4. The zero-order chi connectivity index (χ0) is 23.5. The molecular weight excluding hydrogens is 454 g/mol. The average molecular weight is 480 g/mol. The van der Waals surface area contributed by atoms with E-state index < -0.39 is 0 Å². The summed E-state index contributed by atoms with van der Waals surface area (Å²) < 4.78 is 7.37. The second-order valence-electron chi connectivity index (χ2n) is 7.67. The number of methoxy groups -OCH3 is 1. The zero-order valence-corrected chi connectivity index (χ0v) is 20.8. The van der Waals surface area contributed by atoms with Crippen molar-refractivity contribution in [1.29, 1.82) is 0 Å². The fraction of sp³-hybridized carbons (Fsp3) is 0.250. The number of hydrogen-bond acceptors (Lipinski definition) is 7. The molecule has 2 aromatic heterocycles. The molecule has 2 heterocycles. The van der Waals surface area contributed by atoms with Gasteiger partial charge in [-0.2, -0.15) is 0 Å². The molecule has 0 atom stereocenters. The van der Waals surface area contributed by atoms with Crippen molar-refractivity contribution in [2.24, 2.45) is 0 Å². The maximum atomic E-state index is 12.6. The maximum Gasteiger partial charge on any atom is 0.230 e. The largest absolute Gasteiger partial charge is 0.495 e. The minimum atomic E-state index is -0.0606. The number of nitrogens with zero attached hydrogens (tertiary/aromatic N) is 5. The van der Waals surface area contributed by atoms with E-state index in [1.54, 1.807) is 25.3 Å². The molecular formula is C24H25N5O2S2. The van der Waals surface area contributed by atoms with Gasteiger partial charge in [-0.3, -0.25) is 14.3 Å². The zero-order valence-electron chi connectivity index (χ0n) is 19.2. The first-order valence-corrected chi connectivity index (χ1v) is 12.2. The van der Waals surface area contributed by atoms with Gasteiger partial charge in [-0.15, -0.1) is 21.5 Å². The number of benzene rings is 2. The number of thiazole rings is 1. The van der Waals surface area contributed by atoms with E-state index in [1.165, 1.54) is 28.7 Å². The first kappa shape index (κ1) is 23.0. The molecule has 4 rings (SSSR count). The predicted molar refractivity (Wildman–Crippen MR) is 133 cm³/mol. The molecule has 0 spiro atoms. The van der Waals surface area contributed by atoms with E-state index in [9.17, 15) is 4.79 Å². The molecule has 1 amide bonds. The summed E-state index contributed by atoms with van der Waals surface area (Å²) >= 11 is 3.00. The molecule has 4 aromatic rings. The Morgan fingerprint density at radius 1 is 1.18 bits per heavy atom. The Labute approximate surface area is 201 Å². The topological polar surface area (TPSA) is 73.1 Å². The number of thioether (sulfide) groups is 1. The summed E-state index contributed by atoms with van der Waals surface area (Å²) in [4.78, 5) is 19.1. The van der Waals surface area contributed by atoms with Crippen LogP contribution >= 0.6 is 23.1 Å². The summed E-state index contributed by atoms with van der Waals surface area (Å²) in [6.07, 6.45) is 1.67. The normalized spacial score (nSPS) is 10.9. The Morgan fingerprint density at radius 3 is 2.61 bits per heavy atom. The Morgan fingerprint density at radius 2 is 1.91 bits per heavy atom. The molecule has 0 bridgehead atoms. The predicted octanol–water partition coefficient (Wildman–Crippen LogP) is 5.63. The average Bonchev–Trinajstić information content (AvgIpc) is 3.43. The van der Waals surface area contributed by atoms with Crippen LogP contribution in [0.1, 0.15) is 29.3 Å². The van der Waals surface area contributed by atoms with Gasteiger partial charge in [-0.05, 0) is 44.0 Å². The van der Waals surface area contributed by atoms with Gasteiger partial charge in [-0.1, -0.05) is 41.6 Å². The van der Waals surface area contributed by atoms with Crippen molar-refractivity contribution in [3.8, 4) is 11.4 Å². The molecule has 0 saturated heterocycles. The highest BCUT2D eigenvalue weighted by atomic mass is 32.2. The van der Waals surface area contributed by atoms with E-state index in [4.69, 9.17) is 9.72 Å². The lowest BCUT2D eigenvalue weighted by molar-refractivity contribution is -0.115. The van der Waals surface area contributed by atoms with Gasteiger partial charge in [0.05, 0.1) is 24.2 Å². The van der Waals surface area contributed by atoms with Crippen LogP contribution in [0.2, 0.25) is 0 Å². The molecule has 9 heteroatoms. The number of ether oxygens (including phenoxy) is 1. The first-order valence-electron chi connectivity index (χ1n) is 10.4. The molecule has 0 N–H and O–H groups in total. The minimum Gasteiger partial charge on any atom is -0.495 e. The third-order valence-electron chi connectivity index (χ3n) is 5.12. The van der Waals surface area contributed by atoms with Crippen LogP contribution in [0.25, 0.3) is 5.69 Å². The number of carbonyl (C=O) groups excluding carboxylic acids is 1. The van der Waals surface area contributed by atoms with Crippen LogP contribution < -0.4 is 9.64 Å². The van der Waals surface area contributed by atoms with Crippen LogP contribution in [-0.2, 0) is 10.5 Å². The van der Waals surface area contributed by atoms with Crippen LogP contribution in [0.4, 0.5) is 10.8 Å².